The predicted octanol–water partition coefficient (Wildman–Crippen LogP) is 2.56. The van der Waals surface area contributed by atoms with Gasteiger partial charge in [-0.3, -0.25) is 0 Å². The van der Waals surface area contributed by atoms with Crippen molar-refractivity contribution in [3.63, 3.8) is 0 Å². The molecule has 0 aromatic rings. The molecular formula is C10H21N. The molecule has 0 aromatic heterocycles. The van der Waals surface area contributed by atoms with Crippen LogP contribution in [0.1, 0.15) is 47.0 Å². The minimum atomic E-state index is 0.382. The summed E-state index contributed by atoms with van der Waals surface area (Å²) in [5, 5.41) is 3.69. The van der Waals surface area contributed by atoms with E-state index < -0.39 is 0 Å². The number of hydrogen-bond donors (Lipinski definition) is 1. The second kappa shape index (κ2) is 3.14. The van der Waals surface area contributed by atoms with Crippen molar-refractivity contribution < 1.29 is 0 Å². The molecule has 0 amide bonds. The van der Waals surface area contributed by atoms with Gasteiger partial charge in [0, 0.05) is 11.6 Å². The van der Waals surface area contributed by atoms with Gasteiger partial charge >= 0.3 is 0 Å². The van der Waals surface area contributed by atoms with Gasteiger partial charge in [0.2, 0.25) is 0 Å². The van der Waals surface area contributed by atoms with E-state index >= 15 is 0 Å². The third-order valence-electron chi connectivity index (χ3n) is 2.70. The van der Waals surface area contributed by atoms with Crippen LogP contribution in [-0.4, -0.2) is 11.6 Å². The molecule has 0 radical (unpaired) electrons. The Balaban J connectivity index is 2.46. The van der Waals surface area contributed by atoms with Crippen molar-refractivity contribution in [2.75, 3.05) is 0 Å². The zero-order chi connectivity index (χ0) is 8.48. The molecular weight excluding hydrogens is 134 g/mol. The van der Waals surface area contributed by atoms with E-state index in [1.165, 1.54) is 19.3 Å². The van der Waals surface area contributed by atoms with E-state index in [2.05, 4.69) is 33.0 Å². The Kier molecular flexibility index (Phi) is 2.58. The molecule has 0 bridgehead atoms. The number of hydrogen-bond acceptors (Lipinski definition) is 1. The molecule has 1 nitrogen and oxygen atoms in total. The van der Waals surface area contributed by atoms with Gasteiger partial charge in [0.05, 0.1) is 0 Å². The molecule has 1 aliphatic heterocycles. The summed E-state index contributed by atoms with van der Waals surface area (Å²) in [5.41, 5.74) is 0.382. The maximum absolute atomic E-state index is 3.69. The van der Waals surface area contributed by atoms with Gasteiger partial charge in [-0.25, -0.2) is 0 Å². The lowest BCUT2D eigenvalue weighted by atomic mass is 9.85. The SMILES string of the molecule is CC(C)C1CCCC(C)(C)N1. The van der Waals surface area contributed by atoms with Crippen molar-refractivity contribution in [3.8, 4) is 0 Å². The fraction of sp³-hybridized carbons (Fsp3) is 1.00. The lowest BCUT2D eigenvalue weighted by Crippen LogP contribution is -2.51. The van der Waals surface area contributed by atoms with E-state index in [-0.39, 0.29) is 0 Å². The molecule has 1 fully saturated rings. The predicted molar refractivity (Wildman–Crippen MR) is 49.7 cm³/mol. The van der Waals surface area contributed by atoms with Crippen molar-refractivity contribution in [2.45, 2.75) is 58.5 Å². The number of piperidine rings is 1. The van der Waals surface area contributed by atoms with E-state index in [9.17, 15) is 0 Å². The maximum atomic E-state index is 3.69. The summed E-state index contributed by atoms with van der Waals surface area (Å²) in [7, 11) is 0. The molecule has 1 atom stereocenters. The van der Waals surface area contributed by atoms with Crippen LogP contribution in [0.4, 0.5) is 0 Å². The molecule has 0 spiro atoms. The van der Waals surface area contributed by atoms with Crippen LogP contribution in [0.5, 0.6) is 0 Å². The summed E-state index contributed by atoms with van der Waals surface area (Å²) in [4.78, 5) is 0. The molecule has 1 aliphatic rings. The summed E-state index contributed by atoms with van der Waals surface area (Å²) in [5.74, 6) is 0.787. The summed E-state index contributed by atoms with van der Waals surface area (Å²) in [6.45, 7) is 9.22. The average Bonchev–Trinajstić information content (AvgIpc) is 1.85. The van der Waals surface area contributed by atoms with Crippen LogP contribution >= 0.6 is 0 Å². The van der Waals surface area contributed by atoms with Crippen LogP contribution in [0.25, 0.3) is 0 Å². The topological polar surface area (TPSA) is 12.0 Å². The second-order valence-electron chi connectivity index (χ2n) is 4.77. The normalized spacial score (nSPS) is 30.8. The molecule has 0 aliphatic carbocycles. The highest BCUT2D eigenvalue weighted by Gasteiger charge is 2.27. The van der Waals surface area contributed by atoms with Crippen molar-refractivity contribution in [1.29, 1.82) is 0 Å². The minimum absolute atomic E-state index is 0.382. The first-order valence-corrected chi connectivity index (χ1v) is 4.79. The summed E-state index contributed by atoms with van der Waals surface area (Å²) in [6, 6.07) is 0.749. The van der Waals surface area contributed by atoms with E-state index in [1.807, 2.05) is 0 Å². The highest BCUT2D eigenvalue weighted by atomic mass is 15.0. The Labute approximate surface area is 70.6 Å². The van der Waals surface area contributed by atoms with Gasteiger partial charge < -0.3 is 5.32 Å². The monoisotopic (exact) mass is 155 g/mol. The van der Waals surface area contributed by atoms with Gasteiger partial charge in [-0.1, -0.05) is 20.3 Å². The molecule has 1 rings (SSSR count). The van der Waals surface area contributed by atoms with Gasteiger partial charge in [-0.2, -0.15) is 0 Å². The van der Waals surface area contributed by atoms with Crippen molar-refractivity contribution in [2.24, 2.45) is 5.92 Å². The first-order chi connectivity index (χ1) is 5.01. The Morgan fingerprint density at radius 1 is 1.36 bits per heavy atom. The molecule has 1 saturated heterocycles. The smallest absolute Gasteiger partial charge is 0.0127 e. The third kappa shape index (κ3) is 2.48. The Hall–Kier alpha value is -0.0400. The molecule has 11 heavy (non-hydrogen) atoms. The molecule has 1 N–H and O–H groups in total. The molecule has 0 aromatic carbocycles. The molecule has 1 heterocycles. The zero-order valence-corrected chi connectivity index (χ0v) is 8.28. The average molecular weight is 155 g/mol. The van der Waals surface area contributed by atoms with E-state index in [0.29, 0.717) is 5.54 Å². The van der Waals surface area contributed by atoms with E-state index in [4.69, 9.17) is 0 Å². The molecule has 1 unspecified atom stereocenters. The van der Waals surface area contributed by atoms with Gasteiger partial charge in [0.15, 0.2) is 0 Å². The lowest BCUT2D eigenvalue weighted by molar-refractivity contribution is 0.207. The van der Waals surface area contributed by atoms with Crippen LogP contribution in [0.3, 0.4) is 0 Å². The Morgan fingerprint density at radius 3 is 2.36 bits per heavy atom. The standard InChI is InChI=1S/C10H21N/c1-8(2)9-6-5-7-10(3,4)11-9/h8-9,11H,5-7H2,1-4H3. The largest absolute Gasteiger partial charge is 0.309 e. The highest BCUT2D eigenvalue weighted by molar-refractivity contribution is 4.88. The quantitative estimate of drug-likeness (QED) is 0.613. The highest BCUT2D eigenvalue weighted by Crippen LogP contribution is 2.24. The van der Waals surface area contributed by atoms with Crippen molar-refractivity contribution in [3.05, 3.63) is 0 Å². The van der Waals surface area contributed by atoms with Crippen molar-refractivity contribution in [1.82, 2.24) is 5.32 Å². The molecule has 1 heteroatoms. The van der Waals surface area contributed by atoms with Gasteiger partial charge in [-0.15, -0.1) is 0 Å². The number of nitrogens with one attached hydrogen (secondary N) is 1. The Morgan fingerprint density at radius 2 is 2.00 bits per heavy atom. The maximum Gasteiger partial charge on any atom is 0.0127 e. The summed E-state index contributed by atoms with van der Waals surface area (Å²) < 4.78 is 0. The van der Waals surface area contributed by atoms with Crippen molar-refractivity contribution >= 4 is 0 Å². The first-order valence-electron chi connectivity index (χ1n) is 4.79. The fourth-order valence-corrected chi connectivity index (χ4v) is 1.91. The third-order valence-corrected chi connectivity index (χ3v) is 2.70. The minimum Gasteiger partial charge on any atom is -0.309 e. The van der Waals surface area contributed by atoms with Gasteiger partial charge in [0.1, 0.15) is 0 Å². The second-order valence-corrected chi connectivity index (χ2v) is 4.77. The fourth-order valence-electron chi connectivity index (χ4n) is 1.91. The summed E-state index contributed by atoms with van der Waals surface area (Å²) in [6.07, 6.45) is 4.08. The number of rotatable bonds is 1. The first kappa shape index (κ1) is 9.05. The zero-order valence-electron chi connectivity index (χ0n) is 8.28. The van der Waals surface area contributed by atoms with Gasteiger partial charge in [0.25, 0.3) is 0 Å². The van der Waals surface area contributed by atoms with Crippen LogP contribution in [0.15, 0.2) is 0 Å². The van der Waals surface area contributed by atoms with Crippen LogP contribution < -0.4 is 5.32 Å². The van der Waals surface area contributed by atoms with Crippen LogP contribution in [0, 0.1) is 5.92 Å². The Bertz CT molecular complexity index is 127. The molecule has 0 saturated carbocycles. The van der Waals surface area contributed by atoms with Crippen LogP contribution in [0.2, 0.25) is 0 Å². The van der Waals surface area contributed by atoms with Crippen LogP contribution in [-0.2, 0) is 0 Å². The summed E-state index contributed by atoms with van der Waals surface area (Å²) >= 11 is 0. The van der Waals surface area contributed by atoms with E-state index in [1.54, 1.807) is 0 Å². The van der Waals surface area contributed by atoms with E-state index in [0.717, 1.165) is 12.0 Å². The van der Waals surface area contributed by atoms with Gasteiger partial charge in [-0.05, 0) is 32.6 Å². The molecule has 66 valence electrons. The lowest BCUT2D eigenvalue weighted by Gasteiger charge is -2.39.